The van der Waals surface area contributed by atoms with Crippen LogP contribution in [0.3, 0.4) is 0 Å². The van der Waals surface area contributed by atoms with E-state index < -0.39 is 0 Å². The lowest BCUT2D eigenvalue weighted by atomic mass is 10.2. The van der Waals surface area contributed by atoms with Crippen molar-refractivity contribution < 1.29 is 9.53 Å². The van der Waals surface area contributed by atoms with Gasteiger partial charge in [0.25, 0.3) is 5.91 Å². The second-order valence-corrected chi connectivity index (χ2v) is 7.18. The molecule has 2 aromatic carbocycles. The van der Waals surface area contributed by atoms with E-state index in [0.717, 1.165) is 17.1 Å². The number of ether oxygens (including phenoxy) is 1. The molecule has 3 N–H and O–H groups in total. The van der Waals surface area contributed by atoms with Crippen molar-refractivity contribution in [1.29, 1.82) is 0 Å². The summed E-state index contributed by atoms with van der Waals surface area (Å²) in [6.07, 6.45) is 3.27. The second-order valence-electron chi connectivity index (χ2n) is 6.74. The van der Waals surface area contributed by atoms with E-state index in [-0.39, 0.29) is 5.91 Å². The number of hydrogen-bond acceptors (Lipinski definition) is 6. The van der Waals surface area contributed by atoms with E-state index >= 15 is 0 Å². The molecule has 4 aromatic rings. The standard InChI is InChI=1S/C24H20ClN5O2/c1-32-19-12-10-18(11-13-19)28-22-20(4-2-14-26-22)24(31)30-21-5-3-15-27-23(21)29-17-8-6-16(25)7-9-17/h2-15H,1H3,(H,26,28)(H,27,29)(H,30,31). The van der Waals surface area contributed by atoms with Gasteiger partial charge in [0.2, 0.25) is 0 Å². The fourth-order valence-electron chi connectivity index (χ4n) is 2.96. The van der Waals surface area contributed by atoms with Crippen LogP contribution in [0.1, 0.15) is 10.4 Å². The highest BCUT2D eigenvalue weighted by molar-refractivity contribution is 6.30. The Balaban J connectivity index is 1.54. The summed E-state index contributed by atoms with van der Waals surface area (Å²) in [5, 5.41) is 9.92. The van der Waals surface area contributed by atoms with Crippen LogP contribution in [0.4, 0.5) is 28.7 Å². The first-order chi connectivity index (χ1) is 15.6. The van der Waals surface area contributed by atoms with E-state index in [0.29, 0.717) is 27.9 Å². The predicted octanol–water partition coefficient (Wildman–Crippen LogP) is 5.88. The summed E-state index contributed by atoms with van der Waals surface area (Å²) in [6.45, 7) is 0. The molecule has 2 heterocycles. The Labute approximate surface area is 190 Å². The van der Waals surface area contributed by atoms with Crippen LogP contribution in [0, 0.1) is 0 Å². The summed E-state index contributed by atoms with van der Waals surface area (Å²) < 4.78 is 5.18. The Bertz CT molecular complexity index is 1210. The molecule has 0 fully saturated rings. The quantitative estimate of drug-likeness (QED) is 0.329. The predicted molar refractivity (Wildman–Crippen MR) is 127 cm³/mol. The van der Waals surface area contributed by atoms with Gasteiger partial charge < -0.3 is 20.7 Å². The lowest BCUT2D eigenvalue weighted by Gasteiger charge is -2.14. The van der Waals surface area contributed by atoms with Gasteiger partial charge in [-0.15, -0.1) is 0 Å². The molecule has 4 rings (SSSR count). The van der Waals surface area contributed by atoms with Crippen molar-refractivity contribution in [2.45, 2.75) is 0 Å². The van der Waals surface area contributed by atoms with E-state index in [1.54, 1.807) is 55.9 Å². The third-order valence-corrected chi connectivity index (χ3v) is 4.82. The Kier molecular flexibility index (Phi) is 6.48. The molecule has 0 aliphatic rings. The van der Waals surface area contributed by atoms with Crippen LogP contribution in [-0.2, 0) is 0 Å². The molecule has 2 aromatic heterocycles. The van der Waals surface area contributed by atoms with Gasteiger partial charge in [-0.25, -0.2) is 9.97 Å². The molecular formula is C24H20ClN5O2. The van der Waals surface area contributed by atoms with Gasteiger partial charge in [0.05, 0.1) is 18.4 Å². The molecule has 8 heteroatoms. The number of pyridine rings is 2. The summed E-state index contributed by atoms with van der Waals surface area (Å²) in [7, 11) is 1.61. The summed E-state index contributed by atoms with van der Waals surface area (Å²) in [6, 6.07) is 21.5. The average molecular weight is 446 g/mol. The number of halogens is 1. The number of nitrogens with zero attached hydrogens (tertiary/aromatic N) is 2. The van der Waals surface area contributed by atoms with Crippen molar-refractivity contribution in [3.63, 3.8) is 0 Å². The number of carbonyl (C=O) groups excluding carboxylic acids is 1. The number of rotatable bonds is 7. The molecule has 0 spiro atoms. The highest BCUT2D eigenvalue weighted by Gasteiger charge is 2.15. The lowest BCUT2D eigenvalue weighted by molar-refractivity contribution is 0.102. The SMILES string of the molecule is COc1ccc(Nc2ncccc2C(=O)Nc2cccnc2Nc2ccc(Cl)cc2)cc1. The van der Waals surface area contributed by atoms with Gasteiger partial charge >= 0.3 is 0 Å². The van der Waals surface area contributed by atoms with Crippen LogP contribution in [-0.4, -0.2) is 23.0 Å². The number of amides is 1. The number of hydrogen-bond donors (Lipinski definition) is 3. The Morgan fingerprint density at radius 2 is 1.41 bits per heavy atom. The zero-order chi connectivity index (χ0) is 22.3. The lowest BCUT2D eigenvalue weighted by Crippen LogP contribution is -2.16. The molecule has 0 aliphatic carbocycles. The Hall–Kier alpha value is -4.10. The van der Waals surface area contributed by atoms with Crippen molar-refractivity contribution in [3.8, 4) is 5.75 Å². The largest absolute Gasteiger partial charge is 0.497 e. The molecule has 7 nitrogen and oxygen atoms in total. The van der Waals surface area contributed by atoms with Crippen molar-refractivity contribution in [1.82, 2.24) is 9.97 Å². The summed E-state index contributed by atoms with van der Waals surface area (Å²) >= 11 is 5.95. The van der Waals surface area contributed by atoms with E-state index in [4.69, 9.17) is 16.3 Å². The fourth-order valence-corrected chi connectivity index (χ4v) is 3.09. The number of methoxy groups -OCH3 is 1. The van der Waals surface area contributed by atoms with Crippen LogP contribution in [0.5, 0.6) is 5.75 Å². The molecule has 0 atom stereocenters. The summed E-state index contributed by atoms with van der Waals surface area (Å²) in [5.41, 5.74) is 2.51. The maximum atomic E-state index is 13.1. The zero-order valence-electron chi connectivity index (χ0n) is 17.2. The number of aromatic nitrogens is 2. The first kappa shape index (κ1) is 21.1. The van der Waals surface area contributed by atoms with E-state index in [9.17, 15) is 4.79 Å². The normalized spacial score (nSPS) is 10.3. The monoisotopic (exact) mass is 445 g/mol. The first-order valence-corrected chi connectivity index (χ1v) is 10.2. The average Bonchev–Trinajstić information content (AvgIpc) is 2.82. The minimum absolute atomic E-state index is 0.318. The van der Waals surface area contributed by atoms with Gasteiger partial charge in [-0.1, -0.05) is 11.6 Å². The minimum atomic E-state index is -0.318. The molecule has 0 radical (unpaired) electrons. The topological polar surface area (TPSA) is 88.2 Å². The van der Waals surface area contributed by atoms with E-state index in [1.165, 1.54) is 0 Å². The Morgan fingerprint density at radius 1 is 0.812 bits per heavy atom. The van der Waals surface area contributed by atoms with Gasteiger partial charge in [0.15, 0.2) is 5.82 Å². The fraction of sp³-hybridized carbons (Fsp3) is 0.0417. The third kappa shape index (κ3) is 5.14. The second kappa shape index (κ2) is 9.80. The molecule has 0 saturated carbocycles. The van der Waals surface area contributed by atoms with Gasteiger partial charge in [0, 0.05) is 28.8 Å². The summed E-state index contributed by atoms with van der Waals surface area (Å²) in [4.78, 5) is 21.8. The van der Waals surface area contributed by atoms with Crippen LogP contribution >= 0.6 is 11.6 Å². The van der Waals surface area contributed by atoms with Crippen LogP contribution < -0.4 is 20.7 Å². The third-order valence-electron chi connectivity index (χ3n) is 4.57. The number of anilines is 5. The maximum absolute atomic E-state index is 13.1. The molecule has 0 bridgehead atoms. The molecule has 1 amide bonds. The number of carbonyl (C=O) groups is 1. The van der Waals surface area contributed by atoms with Crippen LogP contribution in [0.25, 0.3) is 0 Å². The maximum Gasteiger partial charge on any atom is 0.259 e. The molecule has 32 heavy (non-hydrogen) atoms. The van der Waals surface area contributed by atoms with Crippen molar-refractivity contribution >= 4 is 46.2 Å². The van der Waals surface area contributed by atoms with Gasteiger partial charge in [0.1, 0.15) is 11.6 Å². The summed E-state index contributed by atoms with van der Waals surface area (Å²) in [5.74, 6) is 1.37. The van der Waals surface area contributed by atoms with Gasteiger partial charge in [-0.05, 0) is 72.8 Å². The molecule has 0 aliphatic heterocycles. The smallest absolute Gasteiger partial charge is 0.259 e. The minimum Gasteiger partial charge on any atom is -0.497 e. The Morgan fingerprint density at radius 3 is 2.09 bits per heavy atom. The number of nitrogens with one attached hydrogen (secondary N) is 3. The van der Waals surface area contributed by atoms with Gasteiger partial charge in [-0.3, -0.25) is 4.79 Å². The van der Waals surface area contributed by atoms with Crippen molar-refractivity contribution in [2.24, 2.45) is 0 Å². The zero-order valence-corrected chi connectivity index (χ0v) is 17.9. The van der Waals surface area contributed by atoms with Crippen molar-refractivity contribution in [3.05, 3.63) is 95.8 Å². The molecule has 160 valence electrons. The highest BCUT2D eigenvalue weighted by Crippen LogP contribution is 2.26. The van der Waals surface area contributed by atoms with E-state index in [1.807, 2.05) is 36.4 Å². The van der Waals surface area contributed by atoms with Crippen LogP contribution in [0.2, 0.25) is 5.02 Å². The first-order valence-electron chi connectivity index (χ1n) is 9.77. The van der Waals surface area contributed by atoms with E-state index in [2.05, 4.69) is 25.9 Å². The highest BCUT2D eigenvalue weighted by atomic mass is 35.5. The van der Waals surface area contributed by atoms with Crippen molar-refractivity contribution in [2.75, 3.05) is 23.1 Å². The molecule has 0 unspecified atom stereocenters. The molecule has 0 saturated heterocycles. The van der Waals surface area contributed by atoms with Crippen LogP contribution in [0.15, 0.2) is 85.2 Å². The number of benzene rings is 2. The van der Waals surface area contributed by atoms with Gasteiger partial charge in [-0.2, -0.15) is 0 Å². The molecular weight excluding hydrogens is 426 g/mol.